The smallest absolute Gasteiger partial charge is 0.227 e. The summed E-state index contributed by atoms with van der Waals surface area (Å²) in [6.07, 6.45) is 2.92. The van der Waals surface area contributed by atoms with Crippen LogP contribution in [-0.2, 0) is 11.3 Å². The van der Waals surface area contributed by atoms with E-state index in [2.05, 4.69) is 23.0 Å². The van der Waals surface area contributed by atoms with Crippen molar-refractivity contribution in [1.82, 2.24) is 5.32 Å². The van der Waals surface area contributed by atoms with Crippen molar-refractivity contribution >= 4 is 17.2 Å². The molecule has 0 spiro atoms. The van der Waals surface area contributed by atoms with Crippen LogP contribution in [-0.4, -0.2) is 11.9 Å². The first-order valence-corrected chi connectivity index (χ1v) is 7.04. The van der Waals surface area contributed by atoms with Crippen LogP contribution < -0.4 is 11.1 Å². The Morgan fingerprint density at radius 3 is 2.94 bits per heavy atom. The predicted octanol–water partition coefficient (Wildman–Crippen LogP) is 2.19. The minimum Gasteiger partial charge on any atom is -0.351 e. The third-order valence-corrected chi connectivity index (χ3v) is 4.86. The van der Waals surface area contributed by atoms with E-state index in [-0.39, 0.29) is 17.4 Å². The first-order chi connectivity index (χ1) is 8.04. The zero-order chi connectivity index (χ0) is 12.5. The van der Waals surface area contributed by atoms with Gasteiger partial charge in [-0.3, -0.25) is 4.79 Å². The van der Waals surface area contributed by atoms with Crippen LogP contribution in [0.5, 0.6) is 0 Å². The fraction of sp³-hybridized carbons (Fsp3) is 0.615. The molecule has 0 bridgehead atoms. The number of nitrogens with two attached hydrogens (primary N) is 1. The molecule has 1 aromatic rings. The second kappa shape index (κ2) is 4.78. The Bertz CT molecular complexity index is 415. The normalized spacial score (nSPS) is 28.3. The number of carbonyl (C=O) groups is 1. The molecule has 4 heteroatoms. The van der Waals surface area contributed by atoms with Gasteiger partial charge in [0, 0.05) is 12.6 Å². The van der Waals surface area contributed by atoms with Crippen molar-refractivity contribution < 1.29 is 4.79 Å². The minimum absolute atomic E-state index is 0.00562. The lowest BCUT2D eigenvalue weighted by Gasteiger charge is -2.27. The van der Waals surface area contributed by atoms with Crippen molar-refractivity contribution in [1.29, 1.82) is 0 Å². The number of aryl methyl sites for hydroxylation is 1. The number of amides is 1. The molecule has 2 atom stereocenters. The third-order valence-electron chi connectivity index (χ3n) is 3.95. The lowest BCUT2D eigenvalue weighted by molar-refractivity contribution is -0.130. The lowest BCUT2D eigenvalue weighted by Crippen LogP contribution is -2.47. The molecule has 0 aliphatic heterocycles. The molecule has 3 N–H and O–H groups in total. The van der Waals surface area contributed by atoms with Crippen LogP contribution in [0.2, 0.25) is 0 Å². The molecule has 1 amide bonds. The summed E-state index contributed by atoms with van der Waals surface area (Å²) in [6, 6.07) is 0.00562. The molecule has 94 valence electrons. The first kappa shape index (κ1) is 12.6. The molecule has 1 aromatic heterocycles. The highest BCUT2D eigenvalue weighted by Crippen LogP contribution is 2.36. The summed E-state index contributed by atoms with van der Waals surface area (Å²) in [5.74, 6) is 0.105. The van der Waals surface area contributed by atoms with Crippen molar-refractivity contribution in [2.24, 2.45) is 11.1 Å². The van der Waals surface area contributed by atoms with Crippen LogP contribution >= 0.6 is 11.3 Å². The Morgan fingerprint density at radius 1 is 1.65 bits per heavy atom. The van der Waals surface area contributed by atoms with E-state index < -0.39 is 0 Å². The summed E-state index contributed by atoms with van der Waals surface area (Å²) >= 11 is 1.67. The van der Waals surface area contributed by atoms with Crippen LogP contribution in [0.15, 0.2) is 10.8 Å². The maximum atomic E-state index is 12.2. The van der Waals surface area contributed by atoms with Gasteiger partial charge in [-0.25, -0.2) is 0 Å². The van der Waals surface area contributed by atoms with Crippen molar-refractivity contribution in [3.8, 4) is 0 Å². The molecule has 17 heavy (non-hydrogen) atoms. The average molecular weight is 252 g/mol. The third kappa shape index (κ3) is 2.38. The van der Waals surface area contributed by atoms with Gasteiger partial charge >= 0.3 is 0 Å². The van der Waals surface area contributed by atoms with E-state index in [1.807, 2.05) is 6.92 Å². The van der Waals surface area contributed by atoms with Gasteiger partial charge in [-0.2, -0.15) is 11.3 Å². The number of carbonyl (C=O) groups excluding carboxylic acids is 1. The van der Waals surface area contributed by atoms with Crippen LogP contribution in [0.4, 0.5) is 0 Å². The molecule has 0 saturated heterocycles. The Balaban J connectivity index is 1.96. The summed E-state index contributed by atoms with van der Waals surface area (Å²) in [6.45, 7) is 4.68. The highest BCUT2D eigenvalue weighted by atomic mass is 32.1. The predicted molar refractivity (Wildman–Crippen MR) is 70.8 cm³/mol. The number of thiophene rings is 1. The molecule has 2 unspecified atom stereocenters. The molecule has 1 saturated carbocycles. The molecule has 2 rings (SSSR count). The Labute approximate surface area is 106 Å². The second-order valence-electron chi connectivity index (χ2n) is 5.18. The molecule has 0 aromatic carbocycles. The van der Waals surface area contributed by atoms with E-state index in [0.717, 1.165) is 19.3 Å². The van der Waals surface area contributed by atoms with Gasteiger partial charge in [0.25, 0.3) is 0 Å². The van der Waals surface area contributed by atoms with Gasteiger partial charge in [-0.05, 0) is 48.6 Å². The number of hydrogen-bond donors (Lipinski definition) is 2. The van der Waals surface area contributed by atoms with Crippen LogP contribution in [0.1, 0.15) is 37.3 Å². The Morgan fingerprint density at radius 2 is 2.41 bits per heavy atom. The lowest BCUT2D eigenvalue weighted by atomic mass is 9.84. The number of rotatable bonds is 3. The van der Waals surface area contributed by atoms with Crippen LogP contribution in [0.25, 0.3) is 0 Å². The van der Waals surface area contributed by atoms with Crippen LogP contribution in [0.3, 0.4) is 0 Å². The monoisotopic (exact) mass is 252 g/mol. The molecule has 1 aliphatic carbocycles. The van der Waals surface area contributed by atoms with E-state index in [1.54, 1.807) is 11.3 Å². The van der Waals surface area contributed by atoms with Gasteiger partial charge in [0.15, 0.2) is 0 Å². The topological polar surface area (TPSA) is 55.1 Å². The largest absolute Gasteiger partial charge is 0.351 e. The first-order valence-electron chi connectivity index (χ1n) is 6.09. The summed E-state index contributed by atoms with van der Waals surface area (Å²) in [5, 5.41) is 7.22. The van der Waals surface area contributed by atoms with E-state index in [9.17, 15) is 4.79 Å². The Hall–Kier alpha value is -0.870. The van der Waals surface area contributed by atoms with Gasteiger partial charge in [0.05, 0.1) is 5.41 Å². The fourth-order valence-corrected chi connectivity index (χ4v) is 3.28. The molecule has 1 heterocycles. The number of hydrogen-bond acceptors (Lipinski definition) is 3. The average Bonchev–Trinajstić information content (AvgIpc) is 2.84. The fourth-order valence-electron chi connectivity index (χ4n) is 2.42. The van der Waals surface area contributed by atoms with Gasteiger partial charge < -0.3 is 11.1 Å². The SMILES string of the molecule is Cc1cscc1CNC(=O)C1(C)CCCC1N. The maximum Gasteiger partial charge on any atom is 0.227 e. The molecule has 1 aliphatic rings. The van der Waals surface area contributed by atoms with E-state index in [0.29, 0.717) is 6.54 Å². The summed E-state index contributed by atoms with van der Waals surface area (Å²) in [4.78, 5) is 12.2. The van der Waals surface area contributed by atoms with Gasteiger partial charge in [-0.15, -0.1) is 0 Å². The van der Waals surface area contributed by atoms with Crippen molar-refractivity contribution in [3.05, 3.63) is 21.9 Å². The summed E-state index contributed by atoms with van der Waals surface area (Å²) < 4.78 is 0. The van der Waals surface area contributed by atoms with E-state index >= 15 is 0 Å². The van der Waals surface area contributed by atoms with Gasteiger partial charge in [0.2, 0.25) is 5.91 Å². The highest BCUT2D eigenvalue weighted by Gasteiger charge is 2.42. The molecular weight excluding hydrogens is 232 g/mol. The van der Waals surface area contributed by atoms with Crippen molar-refractivity contribution in [3.63, 3.8) is 0 Å². The summed E-state index contributed by atoms with van der Waals surface area (Å²) in [7, 11) is 0. The van der Waals surface area contributed by atoms with Gasteiger partial charge in [0.1, 0.15) is 0 Å². The standard InChI is InChI=1S/C13H20N2OS/c1-9-7-17-8-10(9)6-15-12(16)13(2)5-3-4-11(13)14/h7-8,11H,3-6,14H2,1-2H3,(H,15,16). The highest BCUT2D eigenvalue weighted by molar-refractivity contribution is 7.08. The molecule has 3 nitrogen and oxygen atoms in total. The molecule has 1 fully saturated rings. The van der Waals surface area contributed by atoms with E-state index in [1.165, 1.54) is 11.1 Å². The second-order valence-corrected chi connectivity index (χ2v) is 5.92. The zero-order valence-corrected chi connectivity index (χ0v) is 11.3. The minimum atomic E-state index is -0.371. The zero-order valence-electron chi connectivity index (χ0n) is 10.5. The van der Waals surface area contributed by atoms with E-state index in [4.69, 9.17) is 5.73 Å². The van der Waals surface area contributed by atoms with Crippen LogP contribution in [0, 0.1) is 12.3 Å². The molecule has 0 radical (unpaired) electrons. The summed E-state index contributed by atoms with van der Waals surface area (Å²) in [5.41, 5.74) is 8.12. The Kier molecular flexibility index (Phi) is 3.54. The maximum absolute atomic E-state index is 12.2. The number of nitrogens with one attached hydrogen (secondary N) is 1. The van der Waals surface area contributed by atoms with Crippen molar-refractivity contribution in [2.75, 3.05) is 0 Å². The quantitative estimate of drug-likeness (QED) is 0.866. The van der Waals surface area contributed by atoms with Crippen molar-refractivity contribution in [2.45, 2.75) is 45.7 Å². The molecular formula is C13H20N2OS. The van der Waals surface area contributed by atoms with Gasteiger partial charge in [-0.1, -0.05) is 6.42 Å².